The van der Waals surface area contributed by atoms with Gasteiger partial charge in [-0.25, -0.2) is 0 Å². The van der Waals surface area contributed by atoms with Gasteiger partial charge in [-0.05, 0) is 13.0 Å². The van der Waals surface area contributed by atoms with Crippen molar-refractivity contribution in [2.45, 2.75) is 6.92 Å². The summed E-state index contributed by atoms with van der Waals surface area (Å²) in [4.78, 5) is 12.3. The molecule has 0 amide bonds. The van der Waals surface area contributed by atoms with Gasteiger partial charge in [0.1, 0.15) is 5.75 Å². The monoisotopic (exact) mass is 226 g/mol. The van der Waals surface area contributed by atoms with Crippen LogP contribution >= 0.6 is 0 Å². The lowest BCUT2D eigenvalue weighted by molar-refractivity contribution is 0.103. The first-order valence-corrected chi connectivity index (χ1v) is 5.47. The molecule has 0 radical (unpaired) electrons. The fourth-order valence-corrected chi connectivity index (χ4v) is 1.83. The Labute approximate surface area is 101 Å². The number of benzene rings is 2. The third-order valence-corrected chi connectivity index (χ3v) is 2.78. The van der Waals surface area contributed by atoms with Crippen LogP contribution in [0.1, 0.15) is 21.5 Å². The van der Waals surface area contributed by atoms with Crippen LogP contribution in [0.4, 0.5) is 0 Å². The Morgan fingerprint density at radius 2 is 1.71 bits per heavy atom. The lowest BCUT2D eigenvalue weighted by atomic mass is 9.98. The molecule has 0 bridgehead atoms. The normalized spacial score (nSPS) is 10.0. The van der Waals surface area contributed by atoms with Crippen LogP contribution in [0, 0.1) is 6.92 Å². The lowest BCUT2D eigenvalue weighted by Gasteiger charge is -2.09. The van der Waals surface area contributed by atoms with E-state index in [4.69, 9.17) is 4.74 Å². The molecule has 86 valence electrons. The minimum absolute atomic E-state index is 0.0296. The number of ether oxygens (including phenoxy) is 1. The van der Waals surface area contributed by atoms with Crippen molar-refractivity contribution in [1.82, 2.24) is 0 Å². The average molecular weight is 226 g/mol. The Hall–Kier alpha value is -2.09. The van der Waals surface area contributed by atoms with E-state index in [1.54, 1.807) is 7.11 Å². The van der Waals surface area contributed by atoms with Crippen molar-refractivity contribution >= 4 is 5.78 Å². The standard InChI is InChI=1S/C15H14O2/c1-11-13(9-6-10-14(11)17-2)15(16)12-7-4-3-5-8-12/h3-10H,1-2H3. The van der Waals surface area contributed by atoms with Gasteiger partial charge in [0.2, 0.25) is 0 Å². The zero-order valence-corrected chi connectivity index (χ0v) is 9.94. The van der Waals surface area contributed by atoms with Crippen LogP contribution in [0.3, 0.4) is 0 Å². The molecule has 0 atom stereocenters. The van der Waals surface area contributed by atoms with Crippen molar-refractivity contribution in [3.8, 4) is 5.75 Å². The summed E-state index contributed by atoms with van der Waals surface area (Å²) in [6.45, 7) is 1.90. The average Bonchev–Trinajstić information content (AvgIpc) is 2.39. The van der Waals surface area contributed by atoms with Gasteiger partial charge in [0.05, 0.1) is 7.11 Å². The molecule has 0 unspecified atom stereocenters. The summed E-state index contributed by atoms with van der Waals surface area (Å²) in [6, 6.07) is 14.8. The predicted molar refractivity (Wildman–Crippen MR) is 67.6 cm³/mol. The number of hydrogen-bond acceptors (Lipinski definition) is 2. The van der Waals surface area contributed by atoms with Crippen molar-refractivity contribution in [3.05, 3.63) is 65.2 Å². The van der Waals surface area contributed by atoms with E-state index >= 15 is 0 Å². The third-order valence-electron chi connectivity index (χ3n) is 2.78. The molecule has 0 spiro atoms. The zero-order chi connectivity index (χ0) is 12.3. The van der Waals surface area contributed by atoms with Crippen LogP contribution < -0.4 is 4.74 Å². The van der Waals surface area contributed by atoms with Gasteiger partial charge in [-0.3, -0.25) is 4.79 Å². The summed E-state index contributed by atoms with van der Waals surface area (Å²) >= 11 is 0. The summed E-state index contributed by atoms with van der Waals surface area (Å²) in [5.74, 6) is 0.772. The summed E-state index contributed by atoms with van der Waals surface area (Å²) < 4.78 is 5.22. The molecule has 2 aromatic rings. The third kappa shape index (κ3) is 2.21. The second kappa shape index (κ2) is 4.83. The van der Waals surface area contributed by atoms with Crippen LogP contribution in [0.5, 0.6) is 5.75 Å². The second-order valence-corrected chi connectivity index (χ2v) is 3.83. The van der Waals surface area contributed by atoms with Gasteiger partial charge in [-0.15, -0.1) is 0 Å². The second-order valence-electron chi connectivity index (χ2n) is 3.83. The van der Waals surface area contributed by atoms with Crippen LogP contribution in [-0.4, -0.2) is 12.9 Å². The fourth-order valence-electron chi connectivity index (χ4n) is 1.83. The topological polar surface area (TPSA) is 26.3 Å². The maximum Gasteiger partial charge on any atom is 0.193 e. The molecule has 2 heteroatoms. The first kappa shape index (κ1) is 11.4. The molecular formula is C15H14O2. The molecule has 2 aromatic carbocycles. The molecule has 2 rings (SSSR count). The zero-order valence-electron chi connectivity index (χ0n) is 9.94. The quantitative estimate of drug-likeness (QED) is 0.751. The van der Waals surface area contributed by atoms with Crippen molar-refractivity contribution < 1.29 is 9.53 Å². The summed E-state index contributed by atoms with van der Waals surface area (Å²) in [7, 11) is 1.61. The SMILES string of the molecule is COc1cccc(C(=O)c2ccccc2)c1C. The van der Waals surface area contributed by atoms with Crippen LogP contribution in [0.25, 0.3) is 0 Å². The van der Waals surface area contributed by atoms with E-state index in [9.17, 15) is 4.79 Å². The Balaban J connectivity index is 2.45. The van der Waals surface area contributed by atoms with Crippen molar-refractivity contribution in [2.75, 3.05) is 7.11 Å². The summed E-state index contributed by atoms with van der Waals surface area (Å²) in [6.07, 6.45) is 0. The van der Waals surface area contributed by atoms with E-state index in [0.29, 0.717) is 11.1 Å². The minimum atomic E-state index is 0.0296. The lowest BCUT2D eigenvalue weighted by Crippen LogP contribution is -2.04. The predicted octanol–water partition coefficient (Wildman–Crippen LogP) is 3.23. The number of methoxy groups -OCH3 is 1. The molecule has 0 aliphatic rings. The van der Waals surface area contributed by atoms with Crippen LogP contribution in [0.2, 0.25) is 0 Å². The molecule has 0 heterocycles. The van der Waals surface area contributed by atoms with Gasteiger partial charge in [-0.1, -0.05) is 42.5 Å². The van der Waals surface area contributed by atoms with E-state index in [1.807, 2.05) is 55.5 Å². The molecule has 0 N–H and O–H groups in total. The number of carbonyl (C=O) groups excluding carboxylic acids is 1. The smallest absolute Gasteiger partial charge is 0.193 e. The number of rotatable bonds is 3. The Morgan fingerprint density at radius 1 is 1.00 bits per heavy atom. The van der Waals surface area contributed by atoms with Gasteiger partial charge in [0, 0.05) is 16.7 Å². The highest BCUT2D eigenvalue weighted by Gasteiger charge is 2.13. The maximum absolute atomic E-state index is 12.3. The van der Waals surface area contributed by atoms with Crippen LogP contribution in [-0.2, 0) is 0 Å². The fraction of sp³-hybridized carbons (Fsp3) is 0.133. The number of carbonyl (C=O) groups is 1. The van der Waals surface area contributed by atoms with Gasteiger partial charge in [0.25, 0.3) is 0 Å². The molecule has 0 saturated carbocycles. The molecule has 0 aromatic heterocycles. The molecule has 17 heavy (non-hydrogen) atoms. The summed E-state index contributed by atoms with van der Waals surface area (Å²) in [5.41, 5.74) is 2.27. The van der Waals surface area contributed by atoms with E-state index in [0.717, 1.165) is 11.3 Å². The minimum Gasteiger partial charge on any atom is -0.496 e. The van der Waals surface area contributed by atoms with Crippen molar-refractivity contribution in [3.63, 3.8) is 0 Å². The maximum atomic E-state index is 12.3. The molecule has 0 fully saturated rings. The van der Waals surface area contributed by atoms with E-state index < -0.39 is 0 Å². The molecule has 0 saturated heterocycles. The highest BCUT2D eigenvalue weighted by molar-refractivity contribution is 6.10. The molecule has 2 nitrogen and oxygen atoms in total. The Morgan fingerprint density at radius 3 is 2.35 bits per heavy atom. The van der Waals surface area contributed by atoms with Crippen molar-refractivity contribution in [2.24, 2.45) is 0 Å². The van der Waals surface area contributed by atoms with Gasteiger partial charge >= 0.3 is 0 Å². The van der Waals surface area contributed by atoms with Crippen molar-refractivity contribution in [1.29, 1.82) is 0 Å². The Kier molecular flexibility index (Phi) is 3.24. The first-order valence-electron chi connectivity index (χ1n) is 5.47. The van der Waals surface area contributed by atoms with Crippen LogP contribution in [0.15, 0.2) is 48.5 Å². The van der Waals surface area contributed by atoms with E-state index in [1.165, 1.54) is 0 Å². The van der Waals surface area contributed by atoms with E-state index in [-0.39, 0.29) is 5.78 Å². The first-order chi connectivity index (χ1) is 8.24. The van der Waals surface area contributed by atoms with Gasteiger partial charge in [-0.2, -0.15) is 0 Å². The molecule has 0 aliphatic heterocycles. The highest BCUT2D eigenvalue weighted by atomic mass is 16.5. The highest BCUT2D eigenvalue weighted by Crippen LogP contribution is 2.23. The largest absolute Gasteiger partial charge is 0.496 e. The number of ketones is 1. The number of hydrogen-bond donors (Lipinski definition) is 0. The Bertz CT molecular complexity index is 530. The molecule has 0 aliphatic carbocycles. The summed E-state index contributed by atoms with van der Waals surface area (Å²) in [5, 5.41) is 0. The molecular weight excluding hydrogens is 212 g/mol. The van der Waals surface area contributed by atoms with E-state index in [2.05, 4.69) is 0 Å². The van der Waals surface area contributed by atoms with Gasteiger partial charge < -0.3 is 4.74 Å². The van der Waals surface area contributed by atoms with Gasteiger partial charge in [0.15, 0.2) is 5.78 Å².